The molecule has 4 heteroatoms. The number of rotatable bonds is 3. The second kappa shape index (κ2) is 6.04. The fourth-order valence-corrected chi connectivity index (χ4v) is 3.05. The molecule has 21 heavy (non-hydrogen) atoms. The molecule has 0 spiro atoms. The smallest absolute Gasteiger partial charge is 0.142 e. The van der Waals surface area contributed by atoms with Crippen LogP contribution in [0.1, 0.15) is 23.5 Å². The lowest BCUT2D eigenvalue weighted by Gasteiger charge is -2.29. The second-order valence-corrected chi connectivity index (χ2v) is 5.64. The molecule has 1 aliphatic heterocycles. The summed E-state index contributed by atoms with van der Waals surface area (Å²) >= 11 is 5.97. The molecule has 2 unspecified atom stereocenters. The van der Waals surface area contributed by atoms with Gasteiger partial charge >= 0.3 is 0 Å². The molecule has 1 N–H and O–H groups in total. The van der Waals surface area contributed by atoms with Gasteiger partial charge in [-0.15, -0.1) is 0 Å². The van der Waals surface area contributed by atoms with Gasteiger partial charge in [0, 0.05) is 12.3 Å². The fourth-order valence-electron chi connectivity index (χ4n) is 2.84. The van der Waals surface area contributed by atoms with Crippen molar-refractivity contribution in [3.63, 3.8) is 0 Å². The highest BCUT2D eigenvalue weighted by molar-refractivity contribution is 6.31. The van der Waals surface area contributed by atoms with Crippen molar-refractivity contribution >= 4 is 11.6 Å². The van der Waals surface area contributed by atoms with Gasteiger partial charge in [-0.2, -0.15) is 0 Å². The third kappa shape index (κ3) is 2.89. The number of hydrogen-bond acceptors (Lipinski definition) is 2. The van der Waals surface area contributed by atoms with Crippen LogP contribution in [0.4, 0.5) is 4.39 Å². The summed E-state index contributed by atoms with van der Waals surface area (Å²) in [5, 5.41) is 10.6. The predicted molar refractivity (Wildman–Crippen MR) is 80.4 cm³/mol. The van der Waals surface area contributed by atoms with Gasteiger partial charge in [0.15, 0.2) is 0 Å². The Labute approximate surface area is 128 Å². The summed E-state index contributed by atoms with van der Waals surface area (Å²) in [6.07, 6.45) is 0.454. The van der Waals surface area contributed by atoms with E-state index in [9.17, 15) is 9.50 Å². The van der Waals surface area contributed by atoms with Crippen molar-refractivity contribution in [1.29, 1.82) is 0 Å². The monoisotopic (exact) mass is 306 g/mol. The molecule has 0 bridgehead atoms. The Balaban J connectivity index is 1.83. The summed E-state index contributed by atoms with van der Waals surface area (Å²) in [6.45, 7) is 0.579. The zero-order chi connectivity index (χ0) is 14.8. The van der Waals surface area contributed by atoms with Crippen LogP contribution in [0.15, 0.2) is 42.5 Å². The third-order valence-corrected chi connectivity index (χ3v) is 4.35. The van der Waals surface area contributed by atoms with Gasteiger partial charge in [0.05, 0.1) is 17.7 Å². The first kappa shape index (κ1) is 14.4. The van der Waals surface area contributed by atoms with Crippen LogP contribution in [0.3, 0.4) is 0 Å². The van der Waals surface area contributed by atoms with Crippen LogP contribution in [-0.2, 0) is 6.42 Å². The molecule has 1 aliphatic rings. The van der Waals surface area contributed by atoms with Crippen molar-refractivity contribution in [3.05, 3.63) is 64.4 Å². The van der Waals surface area contributed by atoms with Crippen molar-refractivity contribution in [1.82, 2.24) is 0 Å². The molecule has 0 saturated carbocycles. The molecule has 2 nitrogen and oxygen atoms in total. The number of ether oxygens (including phenoxy) is 1. The molecule has 110 valence electrons. The lowest BCUT2D eigenvalue weighted by Crippen LogP contribution is -2.26. The molecule has 2 atom stereocenters. The number of para-hydroxylation sites is 1. The Bertz CT molecular complexity index is 644. The Kier molecular flexibility index (Phi) is 4.13. The van der Waals surface area contributed by atoms with E-state index >= 15 is 0 Å². The summed E-state index contributed by atoms with van der Waals surface area (Å²) < 4.78 is 19.1. The van der Waals surface area contributed by atoms with Crippen LogP contribution in [0.5, 0.6) is 5.75 Å². The van der Waals surface area contributed by atoms with Crippen molar-refractivity contribution in [2.75, 3.05) is 6.61 Å². The Morgan fingerprint density at radius 1 is 1.24 bits per heavy atom. The third-order valence-electron chi connectivity index (χ3n) is 3.93. The van der Waals surface area contributed by atoms with Gasteiger partial charge in [-0.1, -0.05) is 41.9 Å². The van der Waals surface area contributed by atoms with Gasteiger partial charge in [0.25, 0.3) is 0 Å². The Hall–Kier alpha value is -1.58. The van der Waals surface area contributed by atoms with Gasteiger partial charge in [-0.05, 0) is 29.7 Å². The van der Waals surface area contributed by atoms with Gasteiger partial charge in [-0.3, -0.25) is 0 Å². The Morgan fingerprint density at radius 3 is 2.90 bits per heavy atom. The maximum Gasteiger partial charge on any atom is 0.142 e. The molecule has 0 radical (unpaired) electrons. The molecule has 0 aliphatic carbocycles. The second-order valence-electron chi connectivity index (χ2n) is 5.27. The highest BCUT2D eigenvalue weighted by Crippen LogP contribution is 2.37. The fraction of sp³-hybridized carbons (Fsp3) is 0.294. The van der Waals surface area contributed by atoms with E-state index in [2.05, 4.69) is 0 Å². The van der Waals surface area contributed by atoms with Gasteiger partial charge < -0.3 is 9.84 Å². The minimum atomic E-state index is -0.616. The number of fused-ring (bicyclic) bond motifs is 1. The highest BCUT2D eigenvalue weighted by atomic mass is 35.5. The summed E-state index contributed by atoms with van der Waals surface area (Å²) in [6, 6.07) is 12.4. The first-order valence-electron chi connectivity index (χ1n) is 6.99. The molecule has 0 fully saturated rings. The zero-order valence-corrected chi connectivity index (χ0v) is 12.2. The number of aliphatic hydroxyl groups excluding tert-OH is 1. The van der Waals surface area contributed by atoms with E-state index in [-0.39, 0.29) is 10.9 Å². The lowest BCUT2D eigenvalue weighted by atomic mass is 9.85. The van der Waals surface area contributed by atoms with Crippen LogP contribution in [0.25, 0.3) is 0 Å². The average Bonchev–Trinajstić information content (AvgIpc) is 2.51. The van der Waals surface area contributed by atoms with Crippen molar-refractivity contribution in [3.8, 4) is 5.75 Å². The van der Waals surface area contributed by atoms with Gasteiger partial charge in [0.1, 0.15) is 11.6 Å². The first-order chi connectivity index (χ1) is 10.2. The standard InChI is InChI=1S/C17H16ClFO2/c18-17-11(4-3-6-14(17)19)10-15(20)12-8-9-21-16-7-2-1-5-13(12)16/h1-7,12,15,20H,8-10H2. The summed E-state index contributed by atoms with van der Waals surface area (Å²) in [5.41, 5.74) is 1.64. The number of aliphatic hydroxyl groups is 1. The molecule has 0 aromatic heterocycles. The molecule has 1 heterocycles. The minimum absolute atomic E-state index is 0.0192. The molecular formula is C17H16ClFO2. The number of halogens is 2. The van der Waals surface area contributed by atoms with Crippen LogP contribution in [0.2, 0.25) is 5.02 Å². The molecule has 0 amide bonds. The van der Waals surface area contributed by atoms with E-state index in [0.29, 0.717) is 18.6 Å². The topological polar surface area (TPSA) is 29.5 Å². The van der Waals surface area contributed by atoms with E-state index in [1.165, 1.54) is 6.07 Å². The highest BCUT2D eigenvalue weighted by Gasteiger charge is 2.28. The molecule has 2 aromatic carbocycles. The summed E-state index contributed by atoms with van der Waals surface area (Å²) in [4.78, 5) is 0. The SMILES string of the molecule is OC(Cc1cccc(F)c1Cl)C1CCOc2ccccc21. The van der Waals surface area contributed by atoms with E-state index in [1.807, 2.05) is 24.3 Å². The zero-order valence-electron chi connectivity index (χ0n) is 11.4. The largest absolute Gasteiger partial charge is 0.493 e. The molecule has 3 rings (SSSR count). The first-order valence-corrected chi connectivity index (χ1v) is 7.37. The van der Waals surface area contributed by atoms with Gasteiger partial charge in [0.2, 0.25) is 0 Å². The maximum atomic E-state index is 13.5. The number of benzene rings is 2. The quantitative estimate of drug-likeness (QED) is 0.930. The lowest BCUT2D eigenvalue weighted by molar-refractivity contribution is 0.116. The molecular weight excluding hydrogens is 291 g/mol. The summed E-state index contributed by atoms with van der Waals surface area (Å²) in [5.74, 6) is 0.348. The van der Waals surface area contributed by atoms with E-state index in [4.69, 9.17) is 16.3 Å². The Morgan fingerprint density at radius 2 is 2.05 bits per heavy atom. The predicted octanol–water partition coefficient (Wildman–Crippen LogP) is 3.95. The van der Waals surface area contributed by atoms with Crippen molar-refractivity contribution in [2.45, 2.75) is 24.9 Å². The van der Waals surface area contributed by atoms with Crippen LogP contribution >= 0.6 is 11.6 Å². The molecule has 0 saturated heterocycles. The van der Waals surface area contributed by atoms with Crippen molar-refractivity contribution < 1.29 is 14.2 Å². The number of hydrogen-bond donors (Lipinski definition) is 1. The van der Waals surface area contributed by atoms with Gasteiger partial charge in [-0.25, -0.2) is 4.39 Å². The van der Waals surface area contributed by atoms with Crippen molar-refractivity contribution in [2.24, 2.45) is 0 Å². The van der Waals surface area contributed by atoms with E-state index < -0.39 is 11.9 Å². The average molecular weight is 307 g/mol. The maximum absolute atomic E-state index is 13.5. The molecule has 2 aromatic rings. The van der Waals surface area contributed by atoms with E-state index in [1.54, 1.807) is 12.1 Å². The van der Waals surface area contributed by atoms with Crippen LogP contribution in [-0.4, -0.2) is 17.8 Å². The summed E-state index contributed by atoms with van der Waals surface area (Å²) in [7, 11) is 0. The van der Waals surface area contributed by atoms with Crippen LogP contribution < -0.4 is 4.74 Å². The minimum Gasteiger partial charge on any atom is -0.493 e. The normalized spacial score (nSPS) is 18.7. The van der Waals surface area contributed by atoms with E-state index in [0.717, 1.165) is 17.7 Å². The van der Waals surface area contributed by atoms with Crippen LogP contribution in [0, 0.1) is 5.82 Å².